The van der Waals surface area contributed by atoms with E-state index in [1.165, 1.54) is 18.1 Å². The Kier molecular flexibility index (Phi) is 3.93. The lowest BCUT2D eigenvalue weighted by atomic mass is 10.2. The van der Waals surface area contributed by atoms with Gasteiger partial charge in [-0.15, -0.1) is 0 Å². The SMILES string of the molecule is CN(CCC(=O)O)C(=O)c1cncc(F)c1. The van der Waals surface area contributed by atoms with E-state index >= 15 is 0 Å². The summed E-state index contributed by atoms with van der Waals surface area (Å²) < 4.78 is 12.8. The van der Waals surface area contributed by atoms with Gasteiger partial charge in [0.1, 0.15) is 5.82 Å². The number of halogens is 1. The van der Waals surface area contributed by atoms with Crippen LogP contribution < -0.4 is 0 Å². The lowest BCUT2D eigenvalue weighted by molar-refractivity contribution is -0.137. The number of carboxylic acid groups (broad SMARTS) is 1. The molecule has 0 aliphatic heterocycles. The summed E-state index contributed by atoms with van der Waals surface area (Å²) in [4.78, 5) is 26.7. The van der Waals surface area contributed by atoms with Crippen molar-refractivity contribution in [3.05, 3.63) is 29.8 Å². The second-order valence-electron chi connectivity index (χ2n) is 3.26. The van der Waals surface area contributed by atoms with Crippen molar-refractivity contribution < 1.29 is 19.1 Å². The quantitative estimate of drug-likeness (QED) is 0.823. The molecule has 0 aromatic carbocycles. The molecule has 0 fully saturated rings. The van der Waals surface area contributed by atoms with Crippen molar-refractivity contribution in [1.82, 2.24) is 9.88 Å². The Morgan fingerprint density at radius 2 is 2.19 bits per heavy atom. The number of carbonyl (C=O) groups is 2. The highest BCUT2D eigenvalue weighted by atomic mass is 19.1. The summed E-state index contributed by atoms with van der Waals surface area (Å²) in [7, 11) is 1.45. The monoisotopic (exact) mass is 226 g/mol. The van der Waals surface area contributed by atoms with Gasteiger partial charge in [-0.3, -0.25) is 14.6 Å². The minimum Gasteiger partial charge on any atom is -0.481 e. The maximum atomic E-state index is 12.8. The summed E-state index contributed by atoms with van der Waals surface area (Å²) in [6, 6.07) is 1.06. The van der Waals surface area contributed by atoms with Crippen molar-refractivity contribution in [3.63, 3.8) is 0 Å². The molecule has 0 aliphatic carbocycles. The van der Waals surface area contributed by atoms with Crippen LogP contribution in [0.25, 0.3) is 0 Å². The van der Waals surface area contributed by atoms with Gasteiger partial charge in [0.25, 0.3) is 5.91 Å². The minimum absolute atomic E-state index is 0.0741. The molecule has 1 rings (SSSR count). The van der Waals surface area contributed by atoms with Crippen LogP contribution in [0.4, 0.5) is 4.39 Å². The number of nitrogens with zero attached hydrogens (tertiary/aromatic N) is 2. The number of aromatic nitrogens is 1. The number of aliphatic carboxylic acids is 1. The normalized spacial score (nSPS) is 9.88. The smallest absolute Gasteiger partial charge is 0.305 e. The van der Waals surface area contributed by atoms with Gasteiger partial charge in [0.05, 0.1) is 18.2 Å². The first-order valence-corrected chi connectivity index (χ1v) is 4.58. The van der Waals surface area contributed by atoms with Crippen molar-refractivity contribution in [1.29, 1.82) is 0 Å². The molecule has 0 aliphatic rings. The Morgan fingerprint density at radius 3 is 2.75 bits per heavy atom. The first-order valence-electron chi connectivity index (χ1n) is 4.58. The third-order valence-electron chi connectivity index (χ3n) is 1.96. The predicted molar refractivity (Wildman–Crippen MR) is 53.4 cm³/mol. The predicted octanol–water partition coefficient (Wildman–Crippen LogP) is 0.767. The molecule has 1 heterocycles. The van der Waals surface area contributed by atoms with Crippen LogP contribution in [0.1, 0.15) is 16.8 Å². The lowest BCUT2D eigenvalue weighted by Crippen LogP contribution is -2.29. The summed E-state index contributed by atoms with van der Waals surface area (Å²) in [6.45, 7) is 0.0741. The van der Waals surface area contributed by atoms with E-state index in [4.69, 9.17) is 5.11 Å². The molecule has 1 aromatic rings. The number of carbonyl (C=O) groups excluding carboxylic acids is 1. The van der Waals surface area contributed by atoms with Gasteiger partial charge in [-0.05, 0) is 6.07 Å². The molecule has 0 spiro atoms. The second kappa shape index (κ2) is 5.20. The third-order valence-corrected chi connectivity index (χ3v) is 1.96. The molecule has 86 valence electrons. The van der Waals surface area contributed by atoms with Crippen molar-refractivity contribution in [2.24, 2.45) is 0 Å². The summed E-state index contributed by atoms with van der Waals surface area (Å²) in [5.74, 6) is -2.04. The highest BCUT2D eigenvalue weighted by Gasteiger charge is 2.13. The fourth-order valence-corrected chi connectivity index (χ4v) is 1.11. The van der Waals surface area contributed by atoms with E-state index < -0.39 is 17.7 Å². The fraction of sp³-hybridized carbons (Fsp3) is 0.300. The van der Waals surface area contributed by atoms with E-state index in [1.807, 2.05) is 0 Å². The zero-order valence-electron chi connectivity index (χ0n) is 8.68. The molecule has 0 atom stereocenters. The third kappa shape index (κ3) is 3.30. The highest BCUT2D eigenvalue weighted by molar-refractivity contribution is 5.93. The molecule has 0 unspecified atom stereocenters. The number of amides is 1. The van der Waals surface area contributed by atoms with Gasteiger partial charge in [-0.2, -0.15) is 0 Å². The number of hydrogen-bond donors (Lipinski definition) is 1. The number of pyridine rings is 1. The van der Waals surface area contributed by atoms with E-state index in [9.17, 15) is 14.0 Å². The van der Waals surface area contributed by atoms with Gasteiger partial charge in [0, 0.05) is 19.8 Å². The molecule has 0 saturated carbocycles. The van der Waals surface area contributed by atoms with Crippen LogP contribution in [0.15, 0.2) is 18.5 Å². The van der Waals surface area contributed by atoms with Crippen LogP contribution in [0.2, 0.25) is 0 Å². The van der Waals surface area contributed by atoms with E-state index in [0.717, 1.165) is 12.3 Å². The first-order chi connectivity index (χ1) is 7.50. The summed E-state index contributed by atoms with van der Waals surface area (Å²) >= 11 is 0. The maximum absolute atomic E-state index is 12.8. The second-order valence-corrected chi connectivity index (χ2v) is 3.26. The van der Waals surface area contributed by atoms with Gasteiger partial charge in [0.2, 0.25) is 0 Å². The van der Waals surface area contributed by atoms with Crippen LogP contribution in [-0.2, 0) is 4.79 Å². The lowest BCUT2D eigenvalue weighted by Gasteiger charge is -2.15. The molecular weight excluding hydrogens is 215 g/mol. The Balaban J connectivity index is 2.67. The van der Waals surface area contributed by atoms with E-state index in [1.54, 1.807) is 0 Å². The Morgan fingerprint density at radius 1 is 1.50 bits per heavy atom. The molecule has 1 amide bonds. The van der Waals surface area contributed by atoms with Crippen LogP contribution in [0.5, 0.6) is 0 Å². The Labute approximate surface area is 91.5 Å². The highest BCUT2D eigenvalue weighted by Crippen LogP contribution is 2.04. The van der Waals surface area contributed by atoms with Crippen molar-refractivity contribution in [2.45, 2.75) is 6.42 Å². The molecule has 0 radical (unpaired) electrons. The number of hydrogen-bond acceptors (Lipinski definition) is 3. The minimum atomic E-state index is -0.989. The summed E-state index contributed by atoms with van der Waals surface area (Å²) in [5.41, 5.74) is 0.105. The average Bonchev–Trinajstić information content (AvgIpc) is 2.24. The van der Waals surface area contributed by atoms with E-state index in [2.05, 4.69) is 4.98 Å². The molecule has 1 N–H and O–H groups in total. The van der Waals surface area contributed by atoms with Crippen LogP contribution in [0.3, 0.4) is 0 Å². The number of carboxylic acids is 1. The van der Waals surface area contributed by atoms with Crippen molar-refractivity contribution in [2.75, 3.05) is 13.6 Å². The largest absolute Gasteiger partial charge is 0.481 e. The van der Waals surface area contributed by atoms with Gasteiger partial charge < -0.3 is 10.0 Å². The van der Waals surface area contributed by atoms with Crippen molar-refractivity contribution in [3.8, 4) is 0 Å². The fourth-order valence-electron chi connectivity index (χ4n) is 1.11. The molecule has 6 heteroatoms. The molecule has 16 heavy (non-hydrogen) atoms. The van der Waals surface area contributed by atoms with Crippen LogP contribution >= 0.6 is 0 Å². The van der Waals surface area contributed by atoms with Gasteiger partial charge in [0.15, 0.2) is 0 Å². The van der Waals surface area contributed by atoms with Gasteiger partial charge in [-0.1, -0.05) is 0 Å². The molecule has 1 aromatic heterocycles. The molecule has 0 saturated heterocycles. The average molecular weight is 226 g/mol. The zero-order chi connectivity index (χ0) is 12.1. The molecule has 0 bridgehead atoms. The van der Waals surface area contributed by atoms with E-state index in [-0.39, 0.29) is 18.5 Å². The maximum Gasteiger partial charge on any atom is 0.305 e. The summed E-state index contributed by atoms with van der Waals surface area (Å²) in [6.07, 6.45) is 2.09. The van der Waals surface area contributed by atoms with Crippen molar-refractivity contribution >= 4 is 11.9 Å². The molecular formula is C10H11FN2O3. The van der Waals surface area contributed by atoms with Crippen LogP contribution in [-0.4, -0.2) is 40.5 Å². The topological polar surface area (TPSA) is 70.5 Å². The standard InChI is InChI=1S/C10H11FN2O3/c1-13(3-2-9(14)15)10(16)7-4-8(11)6-12-5-7/h4-6H,2-3H2,1H3,(H,14,15). The van der Waals surface area contributed by atoms with Crippen LogP contribution in [0, 0.1) is 5.82 Å². The van der Waals surface area contributed by atoms with E-state index in [0.29, 0.717) is 0 Å². The van der Waals surface area contributed by atoms with Gasteiger partial charge >= 0.3 is 5.97 Å². The van der Waals surface area contributed by atoms with Gasteiger partial charge in [-0.25, -0.2) is 4.39 Å². The molecule has 5 nitrogen and oxygen atoms in total. The first kappa shape index (κ1) is 12.1. The Bertz CT molecular complexity index is 409. The summed E-state index contributed by atoms with van der Waals surface area (Å²) in [5, 5.41) is 8.45. The zero-order valence-corrected chi connectivity index (χ0v) is 8.68. The number of rotatable bonds is 4. The Hall–Kier alpha value is -1.98.